The van der Waals surface area contributed by atoms with Gasteiger partial charge in [-0.05, 0) is 96.3 Å². The predicted molar refractivity (Wildman–Crippen MR) is 228 cm³/mol. The van der Waals surface area contributed by atoms with Gasteiger partial charge in [-0.1, -0.05) is 133 Å². The van der Waals surface area contributed by atoms with Gasteiger partial charge in [0.1, 0.15) is 35.2 Å². The molecule has 0 radical (unpaired) electrons. The van der Waals surface area contributed by atoms with Gasteiger partial charge in [0.2, 0.25) is 0 Å². The van der Waals surface area contributed by atoms with Crippen LogP contribution in [0.2, 0.25) is 0 Å². The Labute approximate surface area is 343 Å². The molecule has 0 spiro atoms. The molecule has 0 aliphatic rings. The molecule has 0 fully saturated rings. The molecule has 58 heavy (non-hydrogen) atoms. The molecule has 0 unspecified atom stereocenters. The summed E-state index contributed by atoms with van der Waals surface area (Å²) in [5.74, 6) is -0.665. The molecular formula is C50H56O8. The molecule has 0 N–H and O–H groups in total. The van der Waals surface area contributed by atoms with Gasteiger partial charge < -0.3 is 23.7 Å². The van der Waals surface area contributed by atoms with Crippen LogP contribution in [0.25, 0.3) is 11.1 Å². The van der Waals surface area contributed by atoms with E-state index >= 15 is 0 Å². The van der Waals surface area contributed by atoms with Crippen LogP contribution in [-0.4, -0.2) is 31.1 Å². The minimum Gasteiger partial charge on any atom is -0.494 e. The van der Waals surface area contributed by atoms with Crippen molar-refractivity contribution in [3.8, 4) is 34.1 Å². The van der Waals surface area contributed by atoms with Gasteiger partial charge >= 0.3 is 17.9 Å². The Balaban J connectivity index is 1.23. The first-order valence-electron chi connectivity index (χ1n) is 20.8. The molecule has 8 heteroatoms. The van der Waals surface area contributed by atoms with Crippen LogP contribution >= 0.6 is 0 Å². The number of hydrogen-bond acceptors (Lipinski definition) is 8. The van der Waals surface area contributed by atoms with Crippen LogP contribution in [-0.2, 0) is 11.3 Å². The van der Waals surface area contributed by atoms with Gasteiger partial charge in [0, 0.05) is 0 Å². The van der Waals surface area contributed by atoms with Crippen molar-refractivity contribution in [3.05, 3.63) is 144 Å². The van der Waals surface area contributed by atoms with Crippen molar-refractivity contribution in [2.45, 2.75) is 97.5 Å². The quantitative estimate of drug-likeness (QED) is 0.0347. The molecule has 5 rings (SSSR count). The monoisotopic (exact) mass is 784 g/mol. The Hall–Kier alpha value is -5.89. The van der Waals surface area contributed by atoms with E-state index in [1.807, 2.05) is 54.6 Å². The zero-order chi connectivity index (χ0) is 40.8. The van der Waals surface area contributed by atoms with Crippen molar-refractivity contribution < 1.29 is 38.1 Å². The molecule has 0 aliphatic carbocycles. The number of carbonyl (C=O) groups excluding carboxylic acids is 3. The van der Waals surface area contributed by atoms with Crippen LogP contribution in [0.3, 0.4) is 0 Å². The van der Waals surface area contributed by atoms with Gasteiger partial charge in [0.15, 0.2) is 0 Å². The van der Waals surface area contributed by atoms with E-state index in [1.54, 1.807) is 48.5 Å². The first kappa shape index (κ1) is 43.2. The first-order chi connectivity index (χ1) is 28.4. The lowest BCUT2D eigenvalue weighted by molar-refractivity contribution is 0.0465. The van der Waals surface area contributed by atoms with E-state index in [0.29, 0.717) is 30.3 Å². The zero-order valence-corrected chi connectivity index (χ0v) is 33.9. The lowest BCUT2D eigenvalue weighted by Crippen LogP contribution is -2.14. The molecule has 0 heterocycles. The average Bonchev–Trinajstić information content (AvgIpc) is 3.26. The predicted octanol–water partition coefficient (Wildman–Crippen LogP) is 12.6. The Morgan fingerprint density at radius 1 is 0.448 bits per heavy atom. The van der Waals surface area contributed by atoms with Crippen LogP contribution < -0.4 is 18.9 Å². The minimum absolute atomic E-state index is 0.0290. The molecule has 304 valence electrons. The van der Waals surface area contributed by atoms with Crippen molar-refractivity contribution in [3.63, 3.8) is 0 Å². The highest BCUT2D eigenvalue weighted by atomic mass is 16.6. The number of carbonyl (C=O) groups is 3. The van der Waals surface area contributed by atoms with Crippen LogP contribution in [0.4, 0.5) is 0 Å². The van der Waals surface area contributed by atoms with Crippen molar-refractivity contribution in [2.75, 3.05) is 13.2 Å². The maximum atomic E-state index is 13.6. The molecule has 0 aliphatic heterocycles. The van der Waals surface area contributed by atoms with Crippen LogP contribution in [0.5, 0.6) is 23.0 Å². The third-order valence-corrected chi connectivity index (χ3v) is 9.73. The molecule has 0 amide bonds. The summed E-state index contributed by atoms with van der Waals surface area (Å²) in [4.78, 5) is 40.1. The molecule has 5 aromatic carbocycles. The van der Waals surface area contributed by atoms with Crippen LogP contribution in [0.1, 0.15) is 128 Å². The van der Waals surface area contributed by atoms with Crippen molar-refractivity contribution in [1.29, 1.82) is 0 Å². The fourth-order valence-corrected chi connectivity index (χ4v) is 6.32. The largest absolute Gasteiger partial charge is 0.494 e. The summed E-state index contributed by atoms with van der Waals surface area (Å²) in [6.07, 6.45) is 14.0. The van der Waals surface area contributed by atoms with E-state index in [9.17, 15) is 14.4 Å². The van der Waals surface area contributed by atoms with E-state index < -0.39 is 17.9 Å². The fourth-order valence-electron chi connectivity index (χ4n) is 6.32. The summed E-state index contributed by atoms with van der Waals surface area (Å²) in [6.45, 7) is 5.60. The van der Waals surface area contributed by atoms with E-state index in [2.05, 4.69) is 13.8 Å². The Kier molecular flexibility index (Phi) is 17.9. The van der Waals surface area contributed by atoms with Gasteiger partial charge in [0.25, 0.3) is 0 Å². The molecule has 0 atom stereocenters. The molecule has 0 saturated heterocycles. The average molecular weight is 785 g/mol. The zero-order valence-electron chi connectivity index (χ0n) is 33.9. The number of rotatable bonds is 24. The maximum Gasteiger partial charge on any atom is 0.343 e. The lowest BCUT2D eigenvalue weighted by atomic mass is 10.0. The van der Waals surface area contributed by atoms with Crippen molar-refractivity contribution in [1.82, 2.24) is 0 Å². The van der Waals surface area contributed by atoms with Gasteiger partial charge in [-0.2, -0.15) is 0 Å². The van der Waals surface area contributed by atoms with E-state index in [4.69, 9.17) is 23.7 Å². The number of unbranched alkanes of at least 4 members (excludes halogenated alkanes) is 10. The van der Waals surface area contributed by atoms with Gasteiger partial charge in [-0.25, -0.2) is 14.4 Å². The first-order valence-corrected chi connectivity index (χ1v) is 20.8. The number of benzene rings is 5. The molecule has 0 bridgehead atoms. The molecular weight excluding hydrogens is 729 g/mol. The van der Waals surface area contributed by atoms with Crippen molar-refractivity contribution >= 4 is 17.9 Å². The van der Waals surface area contributed by atoms with Crippen LogP contribution in [0.15, 0.2) is 121 Å². The summed E-state index contributed by atoms with van der Waals surface area (Å²) in [7, 11) is 0. The normalized spacial score (nSPS) is 10.8. The fraction of sp³-hybridized carbons (Fsp3) is 0.340. The summed E-state index contributed by atoms with van der Waals surface area (Å²) >= 11 is 0. The van der Waals surface area contributed by atoms with Gasteiger partial charge in [-0.15, -0.1) is 0 Å². The second kappa shape index (κ2) is 24.0. The highest BCUT2D eigenvalue weighted by Gasteiger charge is 2.21. The molecule has 0 aromatic heterocycles. The minimum atomic E-state index is -0.752. The third kappa shape index (κ3) is 14.2. The van der Waals surface area contributed by atoms with Crippen molar-refractivity contribution in [2.24, 2.45) is 0 Å². The van der Waals surface area contributed by atoms with E-state index in [-0.39, 0.29) is 29.2 Å². The van der Waals surface area contributed by atoms with E-state index in [0.717, 1.165) is 42.4 Å². The van der Waals surface area contributed by atoms with Crippen LogP contribution in [0, 0.1) is 0 Å². The van der Waals surface area contributed by atoms with Gasteiger partial charge in [0.05, 0.1) is 24.3 Å². The number of ether oxygens (including phenoxy) is 5. The topological polar surface area (TPSA) is 97.4 Å². The summed E-state index contributed by atoms with van der Waals surface area (Å²) in [5.41, 5.74) is 3.40. The lowest BCUT2D eigenvalue weighted by Gasteiger charge is -2.13. The Morgan fingerprint density at radius 2 is 0.931 bits per heavy atom. The molecule has 5 aromatic rings. The molecule has 0 saturated carbocycles. The SMILES string of the molecule is CCCCCCCCOc1ccc(C(=O)Oc2ccc(OC(=O)c3ccc(OCCCCCCCC)cc3)c(C(=O)OCc3ccc(-c4ccccc4)cc3)c2)cc1. The van der Waals surface area contributed by atoms with Gasteiger partial charge in [-0.3, -0.25) is 0 Å². The second-order valence-electron chi connectivity index (χ2n) is 14.4. The third-order valence-electron chi connectivity index (χ3n) is 9.73. The Bertz CT molecular complexity index is 1990. The summed E-state index contributed by atoms with van der Waals surface area (Å²) in [6, 6.07) is 35.4. The number of hydrogen-bond donors (Lipinski definition) is 0. The highest BCUT2D eigenvalue weighted by molar-refractivity contribution is 5.97. The van der Waals surface area contributed by atoms with E-state index in [1.165, 1.54) is 69.6 Å². The summed E-state index contributed by atoms with van der Waals surface area (Å²) < 4.78 is 28.8. The standard InChI is InChI=1S/C50H56O8/c1-3-5-7-9-11-16-34-54-43-28-24-41(25-29-43)48(51)57-45-32-33-47(58-49(52)42-26-30-44(31-27-42)55-35-17-12-10-8-6-4-2)46(36-45)50(53)56-37-38-20-22-40(23-21-38)39-18-14-13-15-19-39/h13-15,18-33,36H,3-12,16-17,34-35,37H2,1-2H3. The number of esters is 3. The molecule has 8 nitrogen and oxygen atoms in total. The maximum absolute atomic E-state index is 13.6. The second-order valence-corrected chi connectivity index (χ2v) is 14.4. The smallest absolute Gasteiger partial charge is 0.343 e. The summed E-state index contributed by atoms with van der Waals surface area (Å²) in [5, 5.41) is 0. The highest BCUT2D eigenvalue weighted by Crippen LogP contribution is 2.28. The Morgan fingerprint density at radius 3 is 1.48 bits per heavy atom.